The molecule has 0 fully saturated rings. The molecule has 0 aliphatic carbocycles. The van der Waals surface area contributed by atoms with E-state index in [1.807, 2.05) is 21.1 Å². The zero-order chi connectivity index (χ0) is 21.5. The van der Waals surface area contributed by atoms with E-state index in [1.54, 1.807) is 0 Å². The van der Waals surface area contributed by atoms with Gasteiger partial charge < -0.3 is 28.6 Å². The lowest BCUT2D eigenvalue weighted by molar-refractivity contribution is -0.873. The van der Waals surface area contributed by atoms with Crippen molar-refractivity contribution in [1.82, 2.24) is 0 Å². The average molecular weight is 426 g/mol. The average Bonchev–Trinajstić information content (AvgIpc) is 2.59. The molecule has 0 saturated heterocycles. The summed E-state index contributed by atoms with van der Waals surface area (Å²) in [5.41, 5.74) is 0. The first-order valence-corrected chi connectivity index (χ1v) is 12.3. The minimum atomic E-state index is -4.51. The van der Waals surface area contributed by atoms with Gasteiger partial charge in [0.25, 0.3) is 7.82 Å². The molecule has 0 aliphatic rings. The van der Waals surface area contributed by atoms with Crippen LogP contribution in [0.1, 0.15) is 77.6 Å². The third-order valence-corrected chi connectivity index (χ3v) is 5.57. The molecule has 0 bridgehead atoms. The van der Waals surface area contributed by atoms with E-state index >= 15 is 0 Å². The van der Waals surface area contributed by atoms with E-state index in [1.165, 1.54) is 51.4 Å². The van der Waals surface area contributed by atoms with Crippen LogP contribution in [0.2, 0.25) is 0 Å². The SMILES string of the molecule is CCCCCCCCCCCCC(C[N+](C)(C)C)OP(=O)([O-])OC[C@H](O)CO. The van der Waals surface area contributed by atoms with E-state index in [2.05, 4.69) is 11.4 Å². The number of unbranched alkanes of at least 4 members (excludes halogenated alkanes) is 9. The summed E-state index contributed by atoms with van der Waals surface area (Å²) in [4.78, 5) is 12.0. The minimum absolute atomic E-state index is 0.455. The number of quaternary nitrogens is 1. The fourth-order valence-electron chi connectivity index (χ4n) is 3.09. The highest BCUT2D eigenvalue weighted by molar-refractivity contribution is 7.45. The van der Waals surface area contributed by atoms with Gasteiger partial charge in [-0.1, -0.05) is 71.1 Å². The van der Waals surface area contributed by atoms with Crippen LogP contribution in [0.4, 0.5) is 0 Å². The van der Waals surface area contributed by atoms with E-state index < -0.39 is 33.2 Å². The molecule has 2 unspecified atom stereocenters. The lowest BCUT2D eigenvalue weighted by atomic mass is 10.0. The predicted octanol–water partition coefficient (Wildman–Crippen LogP) is 3.23. The molecular weight excluding hydrogens is 381 g/mol. The second kappa shape index (κ2) is 15.8. The third-order valence-electron chi connectivity index (χ3n) is 4.54. The number of hydrogen-bond donors (Lipinski definition) is 2. The van der Waals surface area contributed by atoms with E-state index in [0.29, 0.717) is 17.4 Å². The second-order valence-electron chi connectivity index (χ2n) is 8.75. The van der Waals surface area contributed by atoms with Gasteiger partial charge >= 0.3 is 0 Å². The summed E-state index contributed by atoms with van der Waals surface area (Å²) in [6.45, 7) is 1.73. The Balaban J connectivity index is 4.17. The van der Waals surface area contributed by atoms with Crippen molar-refractivity contribution < 1.29 is 33.2 Å². The van der Waals surface area contributed by atoms with Crippen LogP contribution in [0, 0.1) is 0 Å². The molecule has 0 saturated carbocycles. The van der Waals surface area contributed by atoms with Gasteiger partial charge in [-0.05, 0) is 6.42 Å². The van der Waals surface area contributed by atoms with Crippen LogP contribution in [0.25, 0.3) is 0 Å². The van der Waals surface area contributed by atoms with Gasteiger partial charge in [0.05, 0.1) is 34.4 Å². The van der Waals surface area contributed by atoms with Crippen molar-refractivity contribution in [3.63, 3.8) is 0 Å². The van der Waals surface area contributed by atoms with Crippen molar-refractivity contribution in [2.24, 2.45) is 0 Å². The summed E-state index contributed by atoms with van der Waals surface area (Å²) in [6, 6.07) is 0. The number of phosphoric ester groups is 1. The fourth-order valence-corrected chi connectivity index (χ4v) is 4.04. The highest BCUT2D eigenvalue weighted by atomic mass is 31.2. The van der Waals surface area contributed by atoms with Gasteiger partial charge in [0.1, 0.15) is 18.8 Å². The highest BCUT2D eigenvalue weighted by Gasteiger charge is 2.24. The minimum Gasteiger partial charge on any atom is -0.756 e. The number of likely N-dealkylation sites (N-methyl/N-ethyl adjacent to an activating group) is 1. The zero-order valence-electron chi connectivity index (χ0n) is 18.5. The smallest absolute Gasteiger partial charge is 0.268 e. The van der Waals surface area contributed by atoms with Crippen molar-refractivity contribution in [2.75, 3.05) is 40.9 Å². The Morgan fingerprint density at radius 3 is 1.93 bits per heavy atom. The Kier molecular flexibility index (Phi) is 15.8. The molecule has 0 spiro atoms. The largest absolute Gasteiger partial charge is 0.756 e. The normalized spacial score (nSPS) is 16.7. The van der Waals surface area contributed by atoms with Gasteiger partial charge in [0.15, 0.2) is 0 Å². The number of aliphatic hydroxyl groups is 2. The number of hydrogen-bond acceptors (Lipinski definition) is 6. The van der Waals surface area contributed by atoms with Crippen molar-refractivity contribution in [2.45, 2.75) is 89.8 Å². The summed E-state index contributed by atoms with van der Waals surface area (Å²) in [6.07, 6.45) is 11.2. The van der Waals surface area contributed by atoms with Crippen molar-refractivity contribution >= 4 is 7.82 Å². The van der Waals surface area contributed by atoms with Gasteiger partial charge in [-0.3, -0.25) is 4.57 Å². The first-order chi connectivity index (χ1) is 13.1. The molecule has 0 aromatic rings. The van der Waals surface area contributed by atoms with E-state index in [4.69, 9.17) is 9.63 Å². The number of nitrogens with zero attached hydrogens (tertiary/aromatic N) is 1. The van der Waals surface area contributed by atoms with Crippen LogP contribution in [-0.4, -0.2) is 67.8 Å². The molecule has 3 atom stereocenters. The van der Waals surface area contributed by atoms with E-state index in [0.717, 1.165) is 12.8 Å². The maximum Gasteiger partial charge on any atom is 0.268 e. The molecule has 0 rings (SSSR count). The Bertz CT molecular complexity index is 416. The first kappa shape index (κ1) is 28.0. The van der Waals surface area contributed by atoms with E-state index in [-0.39, 0.29) is 0 Å². The van der Waals surface area contributed by atoms with Crippen LogP contribution >= 0.6 is 7.82 Å². The summed E-state index contributed by atoms with van der Waals surface area (Å²) in [7, 11) is 1.45. The molecule has 8 heteroatoms. The Morgan fingerprint density at radius 1 is 0.964 bits per heavy atom. The maximum absolute atomic E-state index is 12.0. The molecule has 0 aliphatic heterocycles. The molecule has 0 heterocycles. The maximum atomic E-state index is 12.0. The quantitative estimate of drug-likeness (QED) is 0.187. The van der Waals surface area contributed by atoms with Crippen LogP contribution in [-0.2, 0) is 13.6 Å². The van der Waals surface area contributed by atoms with Crippen LogP contribution in [0.15, 0.2) is 0 Å². The molecular formula is C20H44NO6P. The first-order valence-electron chi connectivity index (χ1n) is 10.8. The Labute approximate surface area is 172 Å². The third kappa shape index (κ3) is 18.0. The topological polar surface area (TPSA) is 99.1 Å². The van der Waals surface area contributed by atoms with Gasteiger partial charge in [-0.2, -0.15) is 0 Å². The molecule has 2 N–H and O–H groups in total. The van der Waals surface area contributed by atoms with Crippen molar-refractivity contribution in [3.05, 3.63) is 0 Å². The lowest BCUT2D eigenvalue weighted by Gasteiger charge is -2.33. The van der Waals surface area contributed by atoms with Crippen LogP contribution in [0.3, 0.4) is 0 Å². The summed E-state index contributed by atoms with van der Waals surface area (Å²) >= 11 is 0. The van der Waals surface area contributed by atoms with Crippen molar-refractivity contribution in [1.29, 1.82) is 0 Å². The Hall–Kier alpha value is -0.0100. The molecule has 0 radical (unpaired) electrons. The van der Waals surface area contributed by atoms with Crippen LogP contribution < -0.4 is 4.89 Å². The standard InChI is InChI=1S/C20H44NO6P/c1-5-6-7-8-9-10-11-12-13-14-15-20(16-21(2,3)4)27-28(24,25)26-18-19(23)17-22/h19-20,22-23H,5-18H2,1-4H3/t19-,20?/m1/s1. The molecule has 170 valence electrons. The number of aliphatic hydroxyl groups excluding tert-OH is 2. The molecule has 7 nitrogen and oxygen atoms in total. The lowest BCUT2D eigenvalue weighted by Crippen LogP contribution is -2.42. The Morgan fingerprint density at radius 2 is 1.46 bits per heavy atom. The van der Waals surface area contributed by atoms with Gasteiger partial charge in [-0.25, -0.2) is 0 Å². The summed E-state index contributed by atoms with van der Waals surface area (Å²) in [5, 5.41) is 18.0. The van der Waals surface area contributed by atoms with E-state index in [9.17, 15) is 14.6 Å². The van der Waals surface area contributed by atoms with Gasteiger partial charge in [0.2, 0.25) is 0 Å². The zero-order valence-corrected chi connectivity index (χ0v) is 19.4. The monoisotopic (exact) mass is 425 g/mol. The predicted molar refractivity (Wildman–Crippen MR) is 111 cm³/mol. The summed E-state index contributed by atoms with van der Waals surface area (Å²) in [5.74, 6) is 0. The number of phosphoric acid groups is 1. The molecule has 0 aromatic heterocycles. The molecule has 0 aromatic carbocycles. The van der Waals surface area contributed by atoms with Gasteiger partial charge in [0, 0.05) is 0 Å². The summed E-state index contributed by atoms with van der Waals surface area (Å²) < 4.78 is 22.5. The van der Waals surface area contributed by atoms with Crippen molar-refractivity contribution in [3.8, 4) is 0 Å². The second-order valence-corrected chi connectivity index (χ2v) is 10.1. The molecule has 0 amide bonds. The molecule has 28 heavy (non-hydrogen) atoms. The van der Waals surface area contributed by atoms with Gasteiger partial charge in [-0.15, -0.1) is 0 Å². The fraction of sp³-hybridized carbons (Fsp3) is 1.00. The van der Waals surface area contributed by atoms with Crippen LogP contribution in [0.5, 0.6) is 0 Å². The number of rotatable bonds is 19. The highest BCUT2D eigenvalue weighted by Crippen LogP contribution is 2.41.